The van der Waals surface area contributed by atoms with E-state index >= 15 is 0 Å². The molecule has 1 N–H and O–H groups in total. The molecule has 0 rings (SSSR count). The van der Waals surface area contributed by atoms with E-state index in [4.69, 9.17) is 5.11 Å². The Hall–Kier alpha value is 1.52. The van der Waals surface area contributed by atoms with Gasteiger partial charge in [-0.15, -0.1) is 0 Å². The molecule has 0 amide bonds. The van der Waals surface area contributed by atoms with Crippen molar-refractivity contribution in [2.45, 2.75) is 0 Å². The number of aliphatic hydroxyl groups is 1. The SMILES string of the molecule is COCCO.[H-].[H-].[Li+].[Na+]. The molecule has 0 aliphatic carbocycles. The fraction of sp³-hybridized carbons (Fsp3) is 1.00. The summed E-state index contributed by atoms with van der Waals surface area (Å²) >= 11 is 0. The summed E-state index contributed by atoms with van der Waals surface area (Å²) in [6.45, 7) is 0.566. The zero-order valence-corrected chi connectivity index (χ0v) is 7.27. The number of methoxy groups -OCH3 is 1. The van der Waals surface area contributed by atoms with E-state index in [0.29, 0.717) is 6.61 Å². The van der Waals surface area contributed by atoms with Crippen molar-refractivity contribution < 1.29 is 61.1 Å². The van der Waals surface area contributed by atoms with Crippen LogP contribution in [0, 0.1) is 0 Å². The summed E-state index contributed by atoms with van der Waals surface area (Å²) in [5, 5.41) is 7.94. The van der Waals surface area contributed by atoms with Crippen LogP contribution in [0.1, 0.15) is 2.85 Å². The van der Waals surface area contributed by atoms with Gasteiger partial charge in [0.25, 0.3) is 0 Å². The smallest absolute Gasteiger partial charge is 1.00 e. The van der Waals surface area contributed by atoms with E-state index in [1.54, 1.807) is 7.11 Å². The van der Waals surface area contributed by atoms with Crippen LogP contribution in [-0.2, 0) is 4.74 Å². The van der Waals surface area contributed by atoms with Crippen molar-refractivity contribution in [2.75, 3.05) is 20.3 Å². The molecular formula is C3H10LiNaO2. The standard InChI is InChI=1S/C3H8O2.Li.Na.2H/c1-5-3-2-4;;;;/h4H,2-3H2,1H3;;;;/q;2*+1;2*-1. The van der Waals surface area contributed by atoms with Gasteiger partial charge < -0.3 is 12.7 Å². The molecule has 0 fully saturated rings. The van der Waals surface area contributed by atoms with E-state index in [2.05, 4.69) is 4.74 Å². The van der Waals surface area contributed by atoms with Crippen molar-refractivity contribution in [2.24, 2.45) is 0 Å². The maximum absolute atomic E-state index is 7.94. The molecule has 0 aromatic rings. The van der Waals surface area contributed by atoms with Crippen LogP contribution in [0.2, 0.25) is 0 Å². The zero-order chi connectivity index (χ0) is 4.12. The predicted molar refractivity (Wildman–Crippen MR) is 21.2 cm³/mol. The first kappa shape index (κ1) is 15.8. The van der Waals surface area contributed by atoms with Crippen LogP contribution < -0.4 is 48.4 Å². The van der Waals surface area contributed by atoms with Gasteiger partial charge in [-0.3, -0.25) is 0 Å². The minimum atomic E-state index is 0. The van der Waals surface area contributed by atoms with Crippen molar-refractivity contribution in [1.29, 1.82) is 0 Å². The zero-order valence-electron chi connectivity index (χ0n) is 7.27. The number of hydrogen-bond donors (Lipinski definition) is 1. The van der Waals surface area contributed by atoms with Gasteiger partial charge in [-0.05, 0) is 0 Å². The van der Waals surface area contributed by atoms with E-state index < -0.39 is 0 Å². The molecule has 0 bridgehead atoms. The van der Waals surface area contributed by atoms with Gasteiger partial charge >= 0.3 is 48.4 Å². The average Bonchev–Trinajstić information content (AvgIpc) is 1.41. The summed E-state index contributed by atoms with van der Waals surface area (Å²) in [6, 6.07) is 0. The van der Waals surface area contributed by atoms with E-state index in [0.717, 1.165) is 0 Å². The molecule has 7 heavy (non-hydrogen) atoms. The first-order valence-electron chi connectivity index (χ1n) is 1.51. The second-order valence-electron chi connectivity index (χ2n) is 0.716. The molecule has 0 radical (unpaired) electrons. The van der Waals surface area contributed by atoms with Crippen molar-refractivity contribution in [3.05, 3.63) is 0 Å². The van der Waals surface area contributed by atoms with E-state index in [9.17, 15) is 0 Å². The number of aliphatic hydroxyl groups excluding tert-OH is 1. The molecule has 0 saturated carbocycles. The second kappa shape index (κ2) is 15.6. The van der Waals surface area contributed by atoms with Gasteiger partial charge in [0, 0.05) is 7.11 Å². The molecule has 0 unspecified atom stereocenters. The maximum Gasteiger partial charge on any atom is 1.00 e. The van der Waals surface area contributed by atoms with Gasteiger partial charge in [-0.2, -0.15) is 0 Å². The van der Waals surface area contributed by atoms with Crippen molar-refractivity contribution in [1.82, 2.24) is 0 Å². The molecular weight excluding hydrogens is 98.0 g/mol. The molecule has 0 aliphatic heterocycles. The summed E-state index contributed by atoms with van der Waals surface area (Å²) in [6.07, 6.45) is 0. The molecule has 0 saturated heterocycles. The monoisotopic (exact) mass is 108 g/mol. The van der Waals surface area contributed by atoms with Gasteiger partial charge in [0.15, 0.2) is 0 Å². The molecule has 2 nitrogen and oxygen atoms in total. The quantitative estimate of drug-likeness (QED) is 0.357. The van der Waals surface area contributed by atoms with Crippen LogP contribution in [0.5, 0.6) is 0 Å². The van der Waals surface area contributed by atoms with Crippen LogP contribution in [0.25, 0.3) is 0 Å². The number of ether oxygens (including phenoxy) is 1. The molecule has 0 aromatic heterocycles. The maximum atomic E-state index is 7.94. The molecule has 0 aromatic carbocycles. The number of rotatable bonds is 2. The van der Waals surface area contributed by atoms with Crippen LogP contribution >= 0.6 is 0 Å². The molecule has 0 aliphatic rings. The first-order chi connectivity index (χ1) is 2.41. The minimum absolute atomic E-state index is 0. The Morgan fingerprint density at radius 3 is 2.14 bits per heavy atom. The van der Waals surface area contributed by atoms with Gasteiger partial charge in [0.1, 0.15) is 0 Å². The van der Waals surface area contributed by atoms with Crippen LogP contribution in [0.4, 0.5) is 0 Å². The largest absolute Gasteiger partial charge is 1.00 e. The second-order valence-corrected chi connectivity index (χ2v) is 0.716. The Kier molecular flexibility index (Phi) is 35.3. The fourth-order valence-electron chi connectivity index (χ4n) is 0.0913. The van der Waals surface area contributed by atoms with Gasteiger partial charge in [-0.25, -0.2) is 0 Å². The first-order valence-corrected chi connectivity index (χ1v) is 1.51. The Morgan fingerprint density at radius 1 is 1.71 bits per heavy atom. The Labute approximate surface area is 81.1 Å². The molecule has 0 spiro atoms. The van der Waals surface area contributed by atoms with Crippen LogP contribution in [0.15, 0.2) is 0 Å². The molecule has 0 atom stereocenters. The van der Waals surface area contributed by atoms with Crippen molar-refractivity contribution in [3.63, 3.8) is 0 Å². The average molecular weight is 108 g/mol. The third-order valence-corrected chi connectivity index (χ3v) is 0.295. The van der Waals surface area contributed by atoms with Gasteiger partial charge in [0.05, 0.1) is 13.2 Å². The van der Waals surface area contributed by atoms with Gasteiger partial charge in [0.2, 0.25) is 0 Å². The summed E-state index contributed by atoms with van der Waals surface area (Å²) in [5.41, 5.74) is 0. The minimum Gasteiger partial charge on any atom is -1.00 e. The predicted octanol–water partition coefficient (Wildman–Crippen LogP) is -6.14. The van der Waals surface area contributed by atoms with Crippen molar-refractivity contribution >= 4 is 0 Å². The molecule has 36 valence electrons. The van der Waals surface area contributed by atoms with E-state index in [-0.39, 0.29) is 57.9 Å². The summed E-state index contributed by atoms with van der Waals surface area (Å²) < 4.78 is 4.44. The normalized spacial score (nSPS) is 6.00. The van der Waals surface area contributed by atoms with E-state index in [1.807, 2.05) is 0 Å². The molecule has 0 heterocycles. The summed E-state index contributed by atoms with van der Waals surface area (Å²) in [4.78, 5) is 0. The van der Waals surface area contributed by atoms with Crippen LogP contribution in [0.3, 0.4) is 0 Å². The number of hydrogen-bond acceptors (Lipinski definition) is 2. The summed E-state index contributed by atoms with van der Waals surface area (Å²) in [7, 11) is 1.55. The Balaban J connectivity index is -0.0000000133. The fourth-order valence-corrected chi connectivity index (χ4v) is 0.0913. The Bertz CT molecular complexity index is 27.3. The topological polar surface area (TPSA) is 29.5 Å². The van der Waals surface area contributed by atoms with E-state index in [1.165, 1.54) is 0 Å². The Morgan fingerprint density at radius 2 is 2.14 bits per heavy atom. The third kappa shape index (κ3) is 18.5. The summed E-state index contributed by atoms with van der Waals surface area (Å²) in [5.74, 6) is 0. The van der Waals surface area contributed by atoms with Crippen molar-refractivity contribution in [3.8, 4) is 0 Å². The van der Waals surface area contributed by atoms with Gasteiger partial charge in [-0.1, -0.05) is 0 Å². The third-order valence-electron chi connectivity index (χ3n) is 0.295. The molecule has 4 heteroatoms. The van der Waals surface area contributed by atoms with Crippen LogP contribution in [-0.4, -0.2) is 25.4 Å².